The summed E-state index contributed by atoms with van der Waals surface area (Å²) in [6.07, 6.45) is 0. The van der Waals surface area contributed by atoms with E-state index in [1.807, 2.05) is 0 Å². The van der Waals surface area contributed by atoms with Crippen molar-refractivity contribution in [3.05, 3.63) is 96.1 Å². The number of hydrogen-bond donors (Lipinski definition) is 0. The van der Waals surface area contributed by atoms with Crippen molar-refractivity contribution in [2.75, 3.05) is 7.11 Å². The van der Waals surface area contributed by atoms with Crippen LogP contribution in [0.25, 0.3) is 0 Å². The number of methoxy groups -OCH3 is 1. The van der Waals surface area contributed by atoms with Gasteiger partial charge in [0.15, 0.2) is 4.90 Å². The third-order valence-corrected chi connectivity index (χ3v) is 6.06. The molecule has 0 aliphatic carbocycles. The third-order valence-electron chi connectivity index (χ3n) is 3.76. The Morgan fingerprint density at radius 3 is 1.57 bits per heavy atom. The number of rotatable bonds is 6. The maximum absolute atomic E-state index is 5.29. The summed E-state index contributed by atoms with van der Waals surface area (Å²) in [5, 5.41) is 0. The van der Waals surface area contributed by atoms with Crippen molar-refractivity contribution >= 4 is 10.9 Å². The molecule has 0 fully saturated rings. The van der Waals surface area contributed by atoms with Gasteiger partial charge in [0.2, 0.25) is 0 Å². The molecule has 0 amide bonds. The van der Waals surface area contributed by atoms with Gasteiger partial charge >= 0.3 is 0 Å². The maximum atomic E-state index is 5.29. The van der Waals surface area contributed by atoms with Gasteiger partial charge in [-0.1, -0.05) is 60.7 Å². The van der Waals surface area contributed by atoms with Crippen molar-refractivity contribution in [1.82, 2.24) is 0 Å². The van der Waals surface area contributed by atoms with E-state index in [-0.39, 0.29) is 10.9 Å². The van der Waals surface area contributed by atoms with E-state index in [9.17, 15) is 0 Å². The first-order chi connectivity index (χ1) is 11.3. The fourth-order valence-corrected chi connectivity index (χ4v) is 4.68. The molecule has 0 atom stereocenters. The molecule has 3 rings (SSSR count). The average Bonchev–Trinajstić information content (AvgIpc) is 2.63. The largest absolute Gasteiger partial charge is 0.497 e. The fourth-order valence-electron chi connectivity index (χ4n) is 2.54. The summed E-state index contributed by atoms with van der Waals surface area (Å²) >= 11 is 0. The van der Waals surface area contributed by atoms with Crippen LogP contribution >= 0.6 is 0 Å². The first-order valence-corrected chi connectivity index (χ1v) is 9.31. The predicted molar refractivity (Wildman–Crippen MR) is 98.9 cm³/mol. The lowest BCUT2D eigenvalue weighted by atomic mass is 10.2. The summed E-state index contributed by atoms with van der Waals surface area (Å²) in [5.41, 5.74) is 2.78. The van der Waals surface area contributed by atoms with Crippen molar-refractivity contribution in [2.45, 2.75) is 16.4 Å². The van der Waals surface area contributed by atoms with Crippen molar-refractivity contribution in [3.8, 4) is 5.75 Å². The Morgan fingerprint density at radius 1 is 0.652 bits per heavy atom. The van der Waals surface area contributed by atoms with Crippen molar-refractivity contribution < 1.29 is 4.74 Å². The Balaban J connectivity index is 1.85. The molecule has 1 nitrogen and oxygen atoms in total. The molecule has 0 aromatic heterocycles. The third kappa shape index (κ3) is 4.40. The van der Waals surface area contributed by atoms with Crippen LogP contribution in [-0.2, 0) is 22.4 Å². The van der Waals surface area contributed by atoms with E-state index < -0.39 is 0 Å². The fraction of sp³-hybridized carbons (Fsp3) is 0.143. The second-order valence-corrected chi connectivity index (χ2v) is 7.46. The van der Waals surface area contributed by atoms with E-state index in [1.54, 1.807) is 7.11 Å². The van der Waals surface area contributed by atoms with Gasteiger partial charge in [0.05, 0.1) is 7.11 Å². The Kier molecular flexibility index (Phi) is 5.38. The zero-order chi connectivity index (χ0) is 15.9. The highest BCUT2D eigenvalue weighted by Crippen LogP contribution is 2.25. The van der Waals surface area contributed by atoms with Crippen LogP contribution in [0.15, 0.2) is 89.8 Å². The molecule has 0 aliphatic heterocycles. The number of ether oxygens (including phenoxy) is 1. The molecule has 0 radical (unpaired) electrons. The zero-order valence-corrected chi connectivity index (χ0v) is 14.1. The minimum absolute atomic E-state index is 0.144. The molecule has 0 bridgehead atoms. The van der Waals surface area contributed by atoms with Gasteiger partial charge in [-0.3, -0.25) is 0 Å². The molecule has 3 aromatic rings. The molecule has 0 heterocycles. The topological polar surface area (TPSA) is 9.23 Å². The van der Waals surface area contributed by atoms with Gasteiger partial charge in [-0.2, -0.15) is 0 Å². The predicted octanol–water partition coefficient (Wildman–Crippen LogP) is 5.07. The summed E-state index contributed by atoms with van der Waals surface area (Å²) in [6, 6.07) is 30.0. The first-order valence-electron chi connectivity index (χ1n) is 7.74. The van der Waals surface area contributed by atoms with Gasteiger partial charge in [-0.25, -0.2) is 0 Å². The summed E-state index contributed by atoms with van der Waals surface area (Å²) in [7, 11) is 1.86. The van der Waals surface area contributed by atoms with Crippen LogP contribution in [0.1, 0.15) is 11.1 Å². The van der Waals surface area contributed by atoms with E-state index >= 15 is 0 Å². The van der Waals surface area contributed by atoms with Gasteiger partial charge in [0.1, 0.15) is 17.3 Å². The normalized spacial score (nSPS) is 10.7. The SMILES string of the molecule is COc1ccc([S+](Cc2ccccc2)Cc2ccccc2)cc1. The molecule has 116 valence electrons. The van der Waals surface area contributed by atoms with Crippen LogP contribution < -0.4 is 4.74 Å². The quantitative estimate of drug-likeness (QED) is 0.576. The van der Waals surface area contributed by atoms with Crippen LogP contribution in [0, 0.1) is 0 Å². The van der Waals surface area contributed by atoms with Gasteiger partial charge in [0, 0.05) is 22.0 Å². The molecule has 0 saturated heterocycles. The molecule has 0 N–H and O–H groups in total. The van der Waals surface area contributed by atoms with Crippen molar-refractivity contribution in [1.29, 1.82) is 0 Å². The molecule has 0 aliphatic rings. The van der Waals surface area contributed by atoms with E-state index in [1.165, 1.54) is 16.0 Å². The summed E-state index contributed by atoms with van der Waals surface area (Å²) in [4.78, 5) is 1.39. The second-order valence-electron chi connectivity index (χ2n) is 5.43. The first kappa shape index (κ1) is 15.7. The molecular formula is C21H21OS+. The summed E-state index contributed by atoms with van der Waals surface area (Å²) in [5.74, 6) is 3.06. The van der Waals surface area contributed by atoms with E-state index in [0.29, 0.717) is 0 Å². The molecule has 2 heteroatoms. The molecular weight excluding hydrogens is 300 g/mol. The van der Waals surface area contributed by atoms with Crippen molar-refractivity contribution in [2.24, 2.45) is 0 Å². The Morgan fingerprint density at radius 2 is 1.13 bits per heavy atom. The molecule has 0 saturated carbocycles. The lowest BCUT2D eigenvalue weighted by Crippen LogP contribution is -2.09. The second kappa shape index (κ2) is 7.89. The Bertz CT molecular complexity index is 666. The van der Waals surface area contributed by atoms with E-state index in [4.69, 9.17) is 4.74 Å². The highest BCUT2D eigenvalue weighted by Gasteiger charge is 2.23. The molecule has 0 unspecified atom stereocenters. The van der Waals surface area contributed by atoms with Crippen molar-refractivity contribution in [3.63, 3.8) is 0 Å². The highest BCUT2D eigenvalue weighted by molar-refractivity contribution is 7.95. The monoisotopic (exact) mass is 321 g/mol. The van der Waals surface area contributed by atoms with E-state index in [2.05, 4.69) is 84.9 Å². The summed E-state index contributed by atoms with van der Waals surface area (Å²) < 4.78 is 5.29. The standard InChI is InChI=1S/C21H21OS/c1-22-20-12-14-21(15-13-20)23(16-18-8-4-2-5-9-18)17-19-10-6-3-7-11-19/h2-15H,16-17H2,1H3/q+1. The smallest absolute Gasteiger partial charge is 0.155 e. The molecule has 23 heavy (non-hydrogen) atoms. The minimum atomic E-state index is 0.144. The van der Waals surface area contributed by atoms with Gasteiger partial charge in [-0.05, 0) is 24.3 Å². The number of hydrogen-bond acceptors (Lipinski definition) is 1. The van der Waals surface area contributed by atoms with Crippen LogP contribution in [-0.4, -0.2) is 7.11 Å². The molecule has 3 aromatic carbocycles. The van der Waals surface area contributed by atoms with Crippen LogP contribution in [0.2, 0.25) is 0 Å². The van der Waals surface area contributed by atoms with Gasteiger partial charge in [0.25, 0.3) is 0 Å². The maximum Gasteiger partial charge on any atom is 0.155 e. The van der Waals surface area contributed by atoms with Crippen LogP contribution in [0.4, 0.5) is 0 Å². The Hall–Kier alpha value is -2.19. The molecule has 0 spiro atoms. The van der Waals surface area contributed by atoms with Gasteiger partial charge in [-0.15, -0.1) is 0 Å². The van der Waals surface area contributed by atoms with Gasteiger partial charge < -0.3 is 4.74 Å². The summed E-state index contributed by atoms with van der Waals surface area (Å²) in [6.45, 7) is 0. The van der Waals surface area contributed by atoms with Crippen LogP contribution in [0.3, 0.4) is 0 Å². The minimum Gasteiger partial charge on any atom is -0.497 e. The lowest BCUT2D eigenvalue weighted by molar-refractivity contribution is 0.414. The van der Waals surface area contributed by atoms with Crippen LogP contribution in [0.5, 0.6) is 5.75 Å². The average molecular weight is 321 g/mol. The number of benzene rings is 3. The highest BCUT2D eigenvalue weighted by atomic mass is 32.2. The lowest BCUT2D eigenvalue weighted by Gasteiger charge is -2.10. The Labute approximate surface area is 141 Å². The van der Waals surface area contributed by atoms with E-state index in [0.717, 1.165) is 17.3 Å². The zero-order valence-electron chi connectivity index (χ0n) is 13.3.